The standard InChI is InChI=1S/C19H28N4O3S/c1-11-8-16(21-12(2)20-11)27-15-10-26-17-14(9-25-18(15)17)23-19(24)22-13-6-4-3-5-7-13/h8,13-15,17-18H,3-7,9-10H2,1-2H3,(H2,22,23,24)/t14-,15-,17+,18+/m0/s1. The van der Waals surface area contributed by atoms with Gasteiger partial charge in [0, 0.05) is 11.7 Å². The zero-order valence-corrected chi connectivity index (χ0v) is 16.8. The van der Waals surface area contributed by atoms with E-state index in [0.717, 1.165) is 29.4 Å². The van der Waals surface area contributed by atoms with Gasteiger partial charge in [0.05, 0.1) is 24.5 Å². The summed E-state index contributed by atoms with van der Waals surface area (Å²) in [7, 11) is 0. The number of carbonyl (C=O) groups excluding carboxylic acids is 1. The third-order valence-electron chi connectivity index (χ3n) is 5.48. The van der Waals surface area contributed by atoms with Crippen molar-refractivity contribution in [3.8, 4) is 0 Å². The molecule has 3 heterocycles. The Bertz CT molecular complexity index is 663. The maximum Gasteiger partial charge on any atom is 0.315 e. The molecule has 1 aromatic rings. The number of fused-ring (bicyclic) bond motifs is 1. The van der Waals surface area contributed by atoms with Gasteiger partial charge in [-0.05, 0) is 32.8 Å². The Balaban J connectivity index is 1.31. The van der Waals surface area contributed by atoms with Crippen molar-refractivity contribution in [1.82, 2.24) is 20.6 Å². The van der Waals surface area contributed by atoms with Crippen LogP contribution >= 0.6 is 11.8 Å². The van der Waals surface area contributed by atoms with Crippen LogP contribution in [0.15, 0.2) is 11.1 Å². The summed E-state index contributed by atoms with van der Waals surface area (Å²) < 4.78 is 12.0. The lowest BCUT2D eigenvalue weighted by atomic mass is 9.96. The number of aryl methyl sites for hydroxylation is 2. The lowest BCUT2D eigenvalue weighted by Crippen LogP contribution is -2.51. The summed E-state index contributed by atoms with van der Waals surface area (Å²) in [5.41, 5.74) is 0.965. The first-order valence-corrected chi connectivity index (χ1v) is 10.8. The molecular formula is C19H28N4O3S. The van der Waals surface area contributed by atoms with Crippen molar-refractivity contribution < 1.29 is 14.3 Å². The number of ether oxygens (including phenoxy) is 2. The van der Waals surface area contributed by atoms with Gasteiger partial charge in [0.2, 0.25) is 0 Å². The smallest absolute Gasteiger partial charge is 0.315 e. The fourth-order valence-corrected chi connectivity index (χ4v) is 5.48. The van der Waals surface area contributed by atoms with Gasteiger partial charge in [-0.1, -0.05) is 31.0 Å². The van der Waals surface area contributed by atoms with Gasteiger partial charge in [-0.3, -0.25) is 0 Å². The minimum atomic E-state index is -0.0992. The van der Waals surface area contributed by atoms with Gasteiger partial charge < -0.3 is 20.1 Å². The molecule has 0 bridgehead atoms. The summed E-state index contributed by atoms with van der Waals surface area (Å²) in [5.74, 6) is 0.777. The van der Waals surface area contributed by atoms with Crippen molar-refractivity contribution in [1.29, 1.82) is 0 Å². The van der Waals surface area contributed by atoms with Crippen molar-refractivity contribution in [2.45, 2.75) is 80.5 Å². The summed E-state index contributed by atoms with van der Waals surface area (Å²) >= 11 is 1.68. The highest BCUT2D eigenvalue weighted by Gasteiger charge is 2.48. The minimum absolute atomic E-state index is 0.0226. The highest BCUT2D eigenvalue weighted by molar-refractivity contribution is 8.00. The Labute approximate surface area is 164 Å². The molecule has 1 saturated carbocycles. The molecule has 2 saturated heterocycles. The van der Waals surface area contributed by atoms with E-state index in [0.29, 0.717) is 19.3 Å². The summed E-state index contributed by atoms with van der Waals surface area (Å²) in [6.45, 7) is 4.97. The lowest BCUT2D eigenvalue weighted by Gasteiger charge is -2.24. The van der Waals surface area contributed by atoms with Crippen molar-refractivity contribution >= 4 is 17.8 Å². The second kappa shape index (κ2) is 8.32. The average Bonchev–Trinajstić information content (AvgIpc) is 3.19. The monoisotopic (exact) mass is 392 g/mol. The second-order valence-corrected chi connectivity index (χ2v) is 8.97. The number of aromatic nitrogens is 2. The van der Waals surface area contributed by atoms with Crippen LogP contribution in [0.3, 0.4) is 0 Å². The van der Waals surface area contributed by atoms with Crippen LogP contribution in [0.4, 0.5) is 4.79 Å². The molecule has 27 heavy (non-hydrogen) atoms. The highest BCUT2D eigenvalue weighted by Crippen LogP contribution is 2.37. The fourth-order valence-electron chi connectivity index (χ4n) is 4.23. The molecular weight excluding hydrogens is 364 g/mol. The summed E-state index contributed by atoms with van der Waals surface area (Å²) in [6, 6.07) is 2.10. The molecule has 4 atom stereocenters. The van der Waals surface area contributed by atoms with E-state index in [1.807, 2.05) is 19.9 Å². The van der Waals surface area contributed by atoms with Crippen LogP contribution in [0.25, 0.3) is 0 Å². The Morgan fingerprint density at radius 2 is 1.85 bits per heavy atom. The summed E-state index contributed by atoms with van der Waals surface area (Å²) in [4.78, 5) is 21.2. The highest BCUT2D eigenvalue weighted by atomic mass is 32.2. The number of hydrogen-bond donors (Lipinski definition) is 2. The van der Waals surface area contributed by atoms with Crippen LogP contribution < -0.4 is 10.6 Å². The molecule has 3 aliphatic rings. The van der Waals surface area contributed by atoms with Gasteiger partial charge in [0.15, 0.2) is 0 Å². The molecule has 1 aromatic heterocycles. The quantitative estimate of drug-likeness (QED) is 0.765. The Kier molecular flexibility index (Phi) is 5.85. The van der Waals surface area contributed by atoms with Crippen molar-refractivity contribution in [2.75, 3.05) is 13.2 Å². The third kappa shape index (κ3) is 4.55. The predicted molar refractivity (Wildman–Crippen MR) is 103 cm³/mol. The molecule has 4 rings (SSSR count). The largest absolute Gasteiger partial charge is 0.372 e. The van der Waals surface area contributed by atoms with Gasteiger partial charge in [-0.25, -0.2) is 14.8 Å². The number of urea groups is 1. The number of amides is 2. The van der Waals surface area contributed by atoms with E-state index in [2.05, 4.69) is 20.6 Å². The lowest BCUT2D eigenvalue weighted by molar-refractivity contribution is 0.0693. The van der Waals surface area contributed by atoms with Gasteiger partial charge in [0.25, 0.3) is 0 Å². The predicted octanol–water partition coefficient (Wildman–Crippen LogP) is 2.35. The third-order valence-corrected chi connectivity index (χ3v) is 6.64. The van der Waals surface area contributed by atoms with Crippen LogP contribution in [0.2, 0.25) is 0 Å². The normalized spacial score (nSPS) is 30.9. The van der Waals surface area contributed by atoms with E-state index in [9.17, 15) is 4.79 Å². The molecule has 3 fully saturated rings. The number of hydrogen-bond acceptors (Lipinski definition) is 6. The molecule has 2 N–H and O–H groups in total. The Morgan fingerprint density at radius 3 is 2.63 bits per heavy atom. The van der Waals surface area contributed by atoms with Gasteiger partial charge in [0.1, 0.15) is 23.1 Å². The second-order valence-electron chi connectivity index (χ2n) is 7.71. The van der Waals surface area contributed by atoms with Crippen molar-refractivity contribution in [2.24, 2.45) is 0 Å². The van der Waals surface area contributed by atoms with Gasteiger partial charge in [-0.2, -0.15) is 0 Å². The first kappa shape index (κ1) is 19.0. The molecule has 0 aromatic carbocycles. The molecule has 0 radical (unpaired) electrons. The van der Waals surface area contributed by atoms with E-state index < -0.39 is 0 Å². The summed E-state index contributed by atoms with van der Waals surface area (Å²) in [5, 5.41) is 7.30. The van der Waals surface area contributed by atoms with E-state index in [-0.39, 0.29) is 29.5 Å². The van der Waals surface area contributed by atoms with Crippen molar-refractivity contribution in [3.63, 3.8) is 0 Å². The fraction of sp³-hybridized carbons (Fsp3) is 0.737. The average molecular weight is 393 g/mol. The molecule has 7 nitrogen and oxygen atoms in total. The van der Waals surface area contributed by atoms with Crippen LogP contribution in [-0.4, -0.2) is 58.8 Å². The topological polar surface area (TPSA) is 85.4 Å². The van der Waals surface area contributed by atoms with Crippen LogP contribution in [0, 0.1) is 13.8 Å². The van der Waals surface area contributed by atoms with Gasteiger partial charge in [-0.15, -0.1) is 0 Å². The van der Waals surface area contributed by atoms with Crippen LogP contribution in [0.5, 0.6) is 0 Å². The Morgan fingerprint density at radius 1 is 1.07 bits per heavy atom. The number of nitrogens with one attached hydrogen (secondary N) is 2. The number of carbonyl (C=O) groups is 1. The number of rotatable bonds is 4. The summed E-state index contributed by atoms with van der Waals surface area (Å²) in [6.07, 6.45) is 5.71. The number of thioether (sulfide) groups is 1. The van der Waals surface area contributed by atoms with E-state index in [4.69, 9.17) is 9.47 Å². The Hall–Kier alpha value is -1.38. The zero-order valence-electron chi connectivity index (χ0n) is 15.9. The minimum Gasteiger partial charge on any atom is -0.372 e. The molecule has 8 heteroatoms. The molecule has 2 amide bonds. The van der Waals surface area contributed by atoms with Crippen molar-refractivity contribution in [3.05, 3.63) is 17.6 Å². The first-order chi connectivity index (χ1) is 13.1. The van der Waals surface area contributed by atoms with E-state index in [1.54, 1.807) is 11.8 Å². The SMILES string of the molecule is Cc1cc(S[C@H]2CO[C@H]3[C@@H]2OC[C@@H]3NC(=O)NC2CCCCC2)nc(C)n1. The molecule has 148 valence electrons. The zero-order chi connectivity index (χ0) is 18.8. The van der Waals surface area contributed by atoms with Crippen LogP contribution in [-0.2, 0) is 9.47 Å². The molecule has 1 aliphatic carbocycles. The molecule has 0 spiro atoms. The molecule has 2 aliphatic heterocycles. The first-order valence-electron chi connectivity index (χ1n) is 9.87. The maximum atomic E-state index is 12.3. The van der Waals surface area contributed by atoms with E-state index >= 15 is 0 Å². The molecule has 0 unspecified atom stereocenters. The van der Waals surface area contributed by atoms with Crippen LogP contribution in [0.1, 0.15) is 43.6 Å². The maximum absolute atomic E-state index is 12.3. The number of nitrogens with zero attached hydrogens (tertiary/aromatic N) is 2. The van der Waals surface area contributed by atoms with Gasteiger partial charge >= 0.3 is 6.03 Å². The van der Waals surface area contributed by atoms with E-state index in [1.165, 1.54) is 19.3 Å².